The normalized spacial score (nSPS) is 10.9. The summed E-state index contributed by atoms with van der Waals surface area (Å²) in [5, 5.41) is 0.717. The topological polar surface area (TPSA) is 17.3 Å². The summed E-state index contributed by atoms with van der Waals surface area (Å²) in [5.74, 6) is 0. The molecule has 0 unspecified atom stereocenters. The van der Waals surface area contributed by atoms with Gasteiger partial charge >= 0.3 is 0 Å². The molecule has 3 rings (SSSR count). The highest BCUT2D eigenvalue weighted by molar-refractivity contribution is 6.34. The molecule has 0 amide bonds. The SMILES string of the molecule is Cc1ccn2cc(-c3ccccc3)nc2c1Cl. The Kier molecular flexibility index (Phi) is 2.37. The lowest BCUT2D eigenvalue weighted by Gasteiger charge is -1.98. The summed E-state index contributed by atoms with van der Waals surface area (Å²) in [6, 6.07) is 12.1. The van der Waals surface area contributed by atoms with Crippen molar-refractivity contribution in [3.05, 3.63) is 59.4 Å². The van der Waals surface area contributed by atoms with Gasteiger partial charge in [-0.3, -0.25) is 0 Å². The quantitative estimate of drug-likeness (QED) is 0.631. The molecule has 0 aliphatic carbocycles. The van der Waals surface area contributed by atoms with Crippen molar-refractivity contribution < 1.29 is 0 Å². The molecular formula is C14H11ClN2. The van der Waals surface area contributed by atoms with Gasteiger partial charge in [0, 0.05) is 18.0 Å². The molecule has 0 radical (unpaired) electrons. The van der Waals surface area contributed by atoms with E-state index in [9.17, 15) is 0 Å². The fourth-order valence-electron chi connectivity index (χ4n) is 1.86. The largest absolute Gasteiger partial charge is 0.305 e. The number of rotatable bonds is 1. The van der Waals surface area contributed by atoms with Gasteiger partial charge in [0.05, 0.1) is 10.7 Å². The maximum Gasteiger partial charge on any atom is 0.156 e. The zero-order chi connectivity index (χ0) is 11.8. The average molecular weight is 243 g/mol. The van der Waals surface area contributed by atoms with Crippen LogP contribution in [-0.2, 0) is 0 Å². The van der Waals surface area contributed by atoms with Gasteiger partial charge in [0.2, 0.25) is 0 Å². The third kappa shape index (κ3) is 1.71. The smallest absolute Gasteiger partial charge is 0.156 e. The predicted octanol–water partition coefficient (Wildman–Crippen LogP) is 3.96. The monoisotopic (exact) mass is 242 g/mol. The van der Waals surface area contributed by atoms with Crippen molar-refractivity contribution in [2.24, 2.45) is 0 Å². The highest BCUT2D eigenvalue weighted by Gasteiger charge is 2.08. The first-order chi connectivity index (χ1) is 8.25. The van der Waals surface area contributed by atoms with E-state index in [2.05, 4.69) is 4.98 Å². The Bertz CT molecular complexity index is 671. The predicted molar refractivity (Wildman–Crippen MR) is 70.4 cm³/mol. The number of aryl methyl sites for hydroxylation is 1. The molecule has 0 saturated carbocycles. The number of pyridine rings is 1. The van der Waals surface area contributed by atoms with Crippen molar-refractivity contribution >= 4 is 17.2 Å². The van der Waals surface area contributed by atoms with E-state index in [1.807, 2.05) is 60.1 Å². The molecule has 3 heteroatoms. The van der Waals surface area contributed by atoms with Crippen LogP contribution >= 0.6 is 11.6 Å². The van der Waals surface area contributed by atoms with Crippen LogP contribution in [0.3, 0.4) is 0 Å². The van der Waals surface area contributed by atoms with Gasteiger partial charge in [0.1, 0.15) is 0 Å². The van der Waals surface area contributed by atoms with Crippen molar-refractivity contribution in [1.82, 2.24) is 9.38 Å². The number of hydrogen-bond donors (Lipinski definition) is 0. The number of imidazole rings is 1. The van der Waals surface area contributed by atoms with Gasteiger partial charge < -0.3 is 4.40 Å². The van der Waals surface area contributed by atoms with Crippen LogP contribution in [0.5, 0.6) is 0 Å². The van der Waals surface area contributed by atoms with E-state index in [4.69, 9.17) is 11.6 Å². The summed E-state index contributed by atoms with van der Waals surface area (Å²) in [5.41, 5.74) is 3.90. The van der Waals surface area contributed by atoms with Gasteiger partial charge in [0.15, 0.2) is 5.65 Å². The Labute approximate surface area is 104 Å². The second-order valence-electron chi connectivity index (χ2n) is 4.04. The second kappa shape index (κ2) is 3.90. The van der Waals surface area contributed by atoms with Crippen LogP contribution in [0.1, 0.15) is 5.56 Å². The summed E-state index contributed by atoms with van der Waals surface area (Å²) in [7, 11) is 0. The Balaban J connectivity index is 2.24. The Hall–Kier alpha value is -1.80. The van der Waals surface area contributed by atoms with E-state index in [-0.39, 0.29) is 0 Å². The summed E-state index contributed by atoms with van der Waals surface area (Å²) in [4.78, 5) is 4.57. The van der Waals surface area contributed by atoms with E-state index < -0.39 is 0 Å². The third-order valence-corrected chi connectivity index (χ3v) is 3.30. The summed E-state index contributed by atoms with van der Waals surface area (Å²) < 4.78 is 1.96. The molecule has 84 valence electrons. The number of fused-ring (bicyclic) bond motifs is 1. The summed E-state index contributed by atoms with van der Waals surface area (Å²) in [6.07, 6.45) is 3.98. The van der Waals surface area contributed by atoms with Crippen LogP contribution in [0.15, 0.2) is 48.8 Å². The first-order valence-electron chi connectivity index (χ1n) is 5.45. The molecule has 0 saturated heterocycles. The maximum atomic E-state index is 6.24. The van der Waals surface area contributed by atoms with E-state index >= 15 is 0 Å². The number of aromatic nitrogens is 2. The molecule has 17 heavy (non-hydrogen) atoms. The van der Waals surface area contributed by atoms with Gasteiger partial charge in [-0.05, 0) is 18.6 Å². The molecule has 3 aromatic rings. The van der Waals surface area contributed by atoms with Crippen molar-refractivity contribution in [2.75, 3.05) is 0 Å². The van der Waals surface area contributed by atoms with Crippen molar-refractivity contribution in [1.29, 1.82) is 0 Å². The zero-order valence-corrected chi connectivity index (χ0v) is 10.1. The average Bonchev–Trinajstić information content (AvgIpc) is 2.80. The van der Waals surface area contributed by atoms with E-state index in [1.54, 1.807) is 0 Å². The van der Waals surface area contributed by atoms with Crippen LogP contribution in [0.4, 0.5) is 0 Å². The zero-order valence-electron chi connectivity index (χ0n) is 9.39. The minimum Gasteiger partial charge on any atom is -0.305 e. The van der Waals surface area contributed by atoms with Crippen molar-refractivity contribution in [3.63, 3.8) is 0 Å². The second-order valence-corrected chi connectivity index (χ2v) is 4.41. The molecule has 0 aliphatic rings. The van der Waals surface area contributed by atoms with Gasteiger partial charge in [0.25, 0.3) is 0 Å². The van der Waals surface area contributed by atoms with Gasteiger partial charge in [-0.15, -0.1) is 0 Å². The van der Waals surface area contributed by atoms with Gasteiger partial charge in [-0.25, -0.2) is 4.98 Å². The third-order valence-electron chi connectivity index (χ3n) is 2.83. The van der Waals surface area contributed by atoms with Crippen molar-refractivity contribution in [3.8, 4) is 11.3 Å². The lowest BCUT2D eigenvalue weighted by atomic mass is 10.2. The van der Waals surface area contributed by atoms with Gasteiger partial charge in [-0.1, -0.05) is 41.9 Å². The van der Waals surface area contributed by atoms with E-state index in [0.717, 1.165) is 27.5 Å². The first-order valence-corrected chi connectivity index (χ1v) is 5.83. The number of benzene rings is 1. The maximum absolute atomic E-state index is 6.24. The number of halogens is 1. The van der Waals surface area contributed by atoms with Gasteiger partial charge in [-0.2, -0.15) is 0 Å². The lowest BCUT2D eigenvalue weighted by Crippen LogP contribution is -1.85. The molecule has 0 spiro atoms. The van der Waals surface area contributed by atoms with Crippen molar-refractivity contribution in [2.45, 2.75) is 6.92 Å². The number of hydrogen-bond acceptors (Lipinski definition) is 1. The molecule has 1 aromatic carbocycles. The summed E-state index contributed by atoms with van der Waals surface area (Å²) >= 11 is 6.24. The summed E-state index contributed by atoms with van der Waals surface area (Å²) in [6.45, 7) is 1.99. The minimum absolute atomic E-state index is 0.717. The van der Waals surface area contributed by atoms with Crippen LogP contribution in [0.25, 0.3) is 16.9 Å². The first kappa shape index (κ1) is 10.4. The molecule has 0 bridgehead atoms. The van der Waals surface area contributed by atoms with Crippen LogP contribution < -0.4 is 0 Å². The molecule has 0 fully saturated rings. The standard InChI is InChI=1S/C14H11ClN2/c1-10-7-8-17-9-12(16-14(17)13(10)15)11-5-3-2-4-6-11/h2-9H,1H3. The van der Waals surface area contributed by atoms with E-state index in [0.29, 0.717) is 0 Å². The fourth-order valence-corrected chi connectivity index (χ4v) is 2.06. The molecule has 2 nitrogen and oxygen atoms in total. The Morgan fingerprint density at radius 1 is 1.12 bits per heavy atom. The van der Waals surface area contributed by atoms with Crippen LogP contribution in [-0.4, -0.2) is 9.38 Å². The van der Waals surface area contributed by atoms with Crippen LogP contribution in [0.2, 0.25) is 5.02 Å². The highest BCUT2D eigenvalue weighted by atomic mass is 35.5. The number of nitrogens with zero attached hydrogens (tertiary/aromatic N) is 2. The molecular weight excluding hydrogens is 232 g/mol. The van der Waals surface area contributed by atoms with E-state index in [1.165, 1.54) is 0 Å². The molecule has 2 heterocycles. The molecule has 0 N–H and O–H groups in total. The Morgan fingerprint density at radius 3 is 2.65 bits per heavy atom. The fraction of sp³-hybridized carbons (Fsp3) is 0.0714. The highest BCUT2D eigenvalue weighted by Crippen LogP contribution is 2.25. The lowest BCUT2D eigenvalue weighted by molar-refractivity contribution is 1.17. The molecule has 0 atom stereocenters. The van der Waals surface area contributed by atoms with Crippen LogP contribution in [0, 0.1) is 6.92 Å². The Morgan fingerprint density at radius 2 is 1.88 bits per heavy atom. The molecule has 0 aliphatic heterocycles. The minimum atomic E-state index is 0.717. The molecule has 2 aromatic heterocycles.